The largest absolute Gasteiger partial charge is 0.497 e. The second kappa shape index (κ2) is 10.3. The molecular formula is C23H25ClN2O5S2. The Bertz CT molecular complexity index is 1220. The number of hydrogen-bond donors (Lipinski definition) is 0. The number of sulfone groups is 1. The maximum Gasteiger partial charge on any atom is 0.274 e. The molecule has 1 aromatic heterocycles. The predicted molar refractivity (Wildman–Crippen MR) is 129 cm³/mol. The van der Waals surface area contributed by atoms with Gasteiger partial charge in [-0.05, 0) is 42.8 Å². The number of amides is 1. The van der Waals surface area contributed by atoms with Crippen LogP contribution in [0.2, 0.25) is 5.02 Å². The molecular weight excluding hydrogens is 484 g/mol. The molecule has 33 heavy (non-hydrogen) atoms. The number of fused-ring (bicyclic) bond motifs is 1. The van der Waals surface area contributed by atoms with Crippen LogP contribution in [0.15, 0.2) is 47.4 Å². The van der Waals surface area contributed by atoms with E-state index in [1.807, 2.05) is 12.1 Å². The Balaban J connectivity index is 1.23. The minimum absolute atomic E-state index is 0.0103. The standard InChI is InChI=1S/C23H25ClN2O5S2/c1-30-16-7-9-18(10-8-16)33(28,29)15-3-6-21(27)26-13-11-17(12-14-26)31-23-25-22-19(24)4-2-5-20(22)32-23/h2,4-5,7-10,17H,3,6,11-15H2,1H3. The average molecular weight is 509 g/mol. The average Bonchev–Trinajstić information content (AvgIpc) is 3.23. The number of carbonyl (C=O) groups excluding carboxylic acids is 1. The van der Waals surface area contributed by atoms with Crippen LogP contribution in [0.3, 0.4) is 0 Å². The summed E-state index contributed by atoms with van der Waals surface area (Å²) in [5, 5.41) is 1.19. The third-order valence-corrected chi connectivity index (χ3v) is 8.67. The van der Waals surface area contributed by atoms with Gasteiger partial charge in [0.25, 0.3) is 5.19 Å². The Hall–Kier alpha value is -2.36. The van der Waals surface area contributed by atoms with Crippen LogP contribution < -0.4 is 9.47 Å². The van der Waals surface area contributed by atoms with Crippen molar-refractivity contribution in [1.82, 2.24) is 9.88 Å². The number of piperidine rings is 1. The molecule has 1 saturated heterocycles. The third kappa shape index (κ3) is 5.77. The van der Waals surface area contributed by atoms with Crippen molar-refractivity contribution in [2.45, 2.75) is 36.7 Å². The summed E-state index contributed by atoms with van der Waals surface area (Å²) < 4.78 is 37.1. The minimum Gasteiger partial charge on any atom is -0.497 e. The molecule has 176 valence electrons. The zero-order chi connectivity index (χ0) is 23.4. The van der Waals surface area contributed by atoms with Crippen molar-refractivity contribution >= 4 is 48.9 Å². The second-order valence-electron chi connectivity index (χ2n) is 7.86. The highest BCUT2D eigenvalue weighted by Gasteiger charge is 2.25. The van der Waals surface area contributed by atoms with Crippen LogP contribution in [0.4, 0.5) is 0 Å². The maximum atomic E-state index is 12.6. The number of likely N-dealkylation sites (tertiary alicyclic amines) is 1. The van der Waals surface area contributed by atoms with Gasteiger partial charge in [-0.15, -0.1) is 0 Å². The first kappa shape index (κ1) is 23.8. The number of methoxy groups -OCH3 is 1. The third-order valence-electron chi connectivity index (χ3n) is 5.63. The lowest BCUT2D eigenvalue weighted by atomic mass is 10.1. The SMILES string of the molecule is COc1ccc(S(=O)(=O)CCCC(=O)N2CCC(Oc3nc4c(Cl)cccc4s3)CC2)cc1. The van der Waals surface area contributed by atoms with Crippen LogP contribution in [0, 0.1) is 0 Å². The number of nitrogens with zero attached hydrogens (tertiary/aromatic N) is 2. The van der Waals surface area contributed by atoms with Gasteiger partial charge in [0.15, 0.2) is 9.84 Å². The van der Waals surface area contributed by atoms with Crippen LogP contribution in [0.25, 0.3) is 10.2 Å². The normalized spacial score (nSPS) is 15.0. The minimum atomic E-state index is -3.43. The molecule has 0 radical (unpaired) electrons. The molecule has 10 heteroatoms. The number of rotatable bonds is 8. The smallest absolute Gasteiger partial charge is 0.274 e. The van der Waals surface area contributed by atoms with Gasteiger partial charge in [0, 0.05) is 32.4 Å². The molecule has 0 saturated carbocycles. The number of halogens is 1. The number of aromatic nitrogens is 1. The van der Waals surface area contributed by atoms with Gasteiger partial charge in [-0.2, -0.15) is 0 Å². The van der Waals surface area contributed by atoms with Crippen LogP contribution in [0.5, 0.6) is 10.9 Å². The fraction of sp³-hybridized carbons (Fsp3) is 0.391. The van der Waals surface area contributed by atoms with Crippen molar-refractivity contribution in [1.29, 1.82) is 0 Å². The Morgan fingerprint density at radius 1 is 1.18 bits per heavy atom. The van der Waals surface area contributed by atoms with Crippen molar-refractivity contribution < 1.29 is 22.7 Å². The molecule has 7 nitrogen and oxygen atoms in total. The fourth-order valence-corrected chi connectivity index (χ4v) is 6.27. The van der Waals surface area contributed by atoms with E-state index >= 15 is 0 Å². The number of benzene rings is 2. The number of hydrogen-bond acceptors (Lipinski definition) is 7. The van der Waals surface area contributed by atoms with Gasteiger partial charge in [0.1, 0.15) is 17.4 Å². The first-order chi connectivity index (χ1) is 15.9. The van der Waals surface area contributed by atoms with Crippen molar-refractivity contribution in [2.75, 3.05) is 26.0 Å². The van der Waals surface area contributed by atoms with Gasteiger partial charge in [0.2, 0.25) is 5.91 Å². The van der Waals surface area contributed by atoms with Gasteiger partial charge in [-0.1, -0.05) is 29.0 Å². The summed E-state index contributed by atoms with van der Waals surface area (Å²) in [4.78, 5) is 19.1. The Kier molecular flexibility index (Phi) is 7.41. The highest BCUT2D eigenvalue weighted by atomic mass is 35.5. The molecule has 2 aromatic carbocycles. The highest BCUT2D eigenvalue weighted by molar-refractivity contribution is 7.91. The van der Waals surface area contributed by atoms with Crippen molar-refractivity contribution in [2.24, 2.45) is 0 Å². The molecule has 3 aromatic rings. The van der Waals surface area contributed by atoms with Crippen LogP contribution in [-0.2, 0) is 14.6 Å². The lowest BCUT2D eigenvalue weighted by Crippen LogP contribution is -2.41. The van der Waals surface area contributed by atoms with E-state index in [-0.39, 0.29) is 35.5 Å². The zero-order valence-electron chi connectivity index (χ0n) is 18.2. The van der Waals surface area contributed by atoms with E-state index in [9.17, 15) is 13.2 Å². The molecule has 4 rings (SSSR count). The Morgan fingerprint density at radius 2 is 1.91 bits per heavy atom. The predicted octanol–water partition coefficient (Wildman–Crippen LogP) is 4.58. The van der Waals surface area contributed by atoms with Crippen molar-refractivity contribution in [3.05, 3.63) is 47.5 Å². The van der Waals surface area contributed by atoms with E-state index in [4.69, 9.17) is 21.1 Å². The molecule has 0 N–H and O–H groups in total. The molecule has 1 aliphatic rings. The second-order valence-corrected chi connectivity index (χ2v) is 11.4. The molecule has 0 unspecified atom stereocenters. The molecule has 0 atom stereocenters. The molecule has 1 aliphatic heterocycles. The summed E-state index contributed by atoms with van der Waals surface area (Å²) in [6.45, 7) is 1.17. The summed E-state index contributed by atoms with van der Waals surface area (Å²) in [7, 11) is -1.90. The lowest BCUT2D eigenvalue weighted by molar-refractivity contribution is -0.133. The van der Waals surface area contributed by atoms with E-state index in [0.29, 0.717) is 41.9 Å². The van der Waals surface area contributed by atoms with Gasteiger partial charge in [-0.3, -0.25) is 4.79 Å². The molecule has 0 aliphatic carbocycles. The van der Waals surface area contributed by atoms with Gasteiger partial charge < -0.3 is 14.4 Å². The van der Waals surface area contributed by atoms with Crippen molar-refractivity contribution in [3.8, 4) is 10.9 Å². The fourth-order valence-electron chi connectivity index (χ4n) is 3.78. The Labute approximate surface area is 202 Å². The lowest BCUT2D eigenvalue weighted by Gasteiger charge is -2.31. The monoisotopic (exact) mass is 508 g/mol. The molecule has 1 fully saturated rings. The van der Waals surface area contributed by atoms with Gasteiger partial charge in [0.05, 0.1) is 27.5 Å². The van der Waals surface area contributed by atoms with E-state index in [1.54, 1.807) is 23.1 Å². The first-order valence-electron chi connectivity index (χ1n) is 10.7. The van der Waals surface area contributed by atoms with E-state index in [1.165, 1.54) is 30.6 Å². The maximum absolute atomic E-state index is 12.6. The summed E-state index contributed by atoms with van der Waals surface area (Å²) in [6, 6.07) is 11.9. The zero-order valence-corrected chi connectivity index (χ0v) is 20.6. The summed E-state index contributed by atoms with van der Waals surface area (Å²) in [5.41, 5.74) is 0.747. The van der Waals surface area contributed by atoms with Gasteiger partial charge >= 0.3 is 0 Å². The number of para-hydroxylation sites is 1. The molecule has 0 spiro atoms. The first-order valence-corrected chi connectivity index (χ1v) is 13.6. The summed E-state index contributed by atoms with van der Waals surface area (Å²) in [6.07, 6.45) is 1.90. The van der Waals surface area contributed by atoms with E-state index < -0.39 is 9.84 Å². The number of ether oxygens (including phenoxy) is 2. The van der Waals surface area contributed by atoms with Gasteiger partial charge in [-0.25, -0.2) is 13.4 Å². The summed E-state index contributed by atoms with van der Waals surface area (Å²) in [5.74, 6) is 0.513. The van der Waals surface area contributed by atoms with Crippen LogP contribution in [0.1, 0.15) is 25.7 Å². The van der Waals surface area contributed by atoms with E-state index in [0.717, 1.165) is 10.2 Å². The number of thiazole rings is 1. The number of carbonyl (C=O) groups is 1. The topological polar surface area (TPSA) is 85.8 Å². The quantitative estimate of drug-likeness (QED) is 0.442. The van der Waals surface area contributed by atoms with Crippen LogP contribution in [-0.4, -0.2) is 56.3 Å². The molecule has 2 heterocycles. The molecule has 0 bridgehead atoms. The van der Waals surface area contributed by atoms with Crippen molar-refractivity contribution in [3.63, 3.8) is 0 Å². The Morgan fingerprint density at radius 3 is 2.58 bits per heavy atom. The van der Waals surface area contributed by atoms with Crippen LogP contribution >= 0.6 is 22.9 Å². The molecule has 1 amide bonds. The van der Waals surface area contributed by atoms with E-state index in [2.05, 4.69) is 4.98 Å². The highest BCUT2D eigenvalue weighted by Crippen LogP contribution is 2.33. The summed E-state index contributed by atoms with van der Waals surface area (Å²) >= 11 is 7.65.